The first-order chi connectivity index (χ1) is 8.13. The second kappa shape index (κ2) is 4.61. The molecule has 5 heteroatoms. The number of pyridine rings is 1. The molecule has 0 aromatic carbocycles. The van der Waals surface area contributed by atoms with E-state index >= 15 is 0 Å². The minimum Gasteiger partial charge on any atom is -0.502 e. The maximum Gasteiger partial charge on any atom is 0.342 e. The van der Waals surface area contributed by atoms with E-state index in [-0.39, 0.29) is 12.2 Å². The lowest BCUT2D eigenvalue weighted by molar-refractivity contribution is 0.0521. The number of ether oxygens (including phenoxy) is 1. The van der Waals surface area contributed by atoms with Crippen molar-refractivity contribution >= 4 is 5.97 Å². The third kappa shape index (κ3) is 2.49. The number of esters is 1. The molecule has 0 unspecified atom stereocenters. The van der Waals surface area contributed by atoms with Crippen LogP contribution in [-0.4, -0.2) is 22.7 Å². The Morgan fingerprint density at radius 1 is 1.59 bits per heavy atom. The molecule has 0 aliphatic heterocycles. The van der Waals surface area contributed by atoms with E-state index in [0.717, 1.165) is 12.8 Å². The van der Waals surface area contributed by atoms with E-state index in [4.69, 9.17) is 4.74 Å². The average molecular weight is 237 g/mol. The Kier molecular flexibility index (Phi) is 3.17. The van der Waals surface area contributed by atoms with Gasteiger partial charge in [0.1, 0.15) is 5.56 Å². The van der Waals surface area contributed by atoms with Crippen molar-refractivity contribution in [2.45, 2.75) is 26.2 Å². The van der Waals surface area contributed by atoms with Crippen LogP contribution in [-0.2, 0) is 11.2 Å². The molecule has 1 aromatic rings. The van der Waals surface area contributed by atoms with Gasteiger partial charge in [-0.05, 0) is 37.7 Å². The summed E-state index contributed by atoms with van der Waals surface area (Å²) >= 11 is 0. The van der Waals surface area contributed by atoms with E-state index in [9.17, 15) is 14.7 Å². The minimum atomic E-state index is -0.660. The predicted octanol–water partition coefficient (Wildman–Crippen LogP) is 1.21. The topological polar surface area (TPSA) is 79.4 Å². The average Bonchev–Trinajstić information content (AvgIpc) is 3.08. The standard InChI is InChI=1S/C12H15NO4/c1-2-17-12(16)9-8(5-7-3-4-7)6-13-11(15)10(9)14/h6-7,14H,2-5H2,1H3,(H,13,15). The van der Waals surface area contributed by atoms with Crippen LogP contribution >= 0.6 is 0 Å². The second-order valence-corrected chi connectivity index (χ2v) is 4.23. The van der Waals surface area contributed by atoms with E-state index in [1.165, 1.54) is 6.20 Å². The maximum atomic E-state index is 11.7. The molecule has 2 rings (SSSR count). The molecule has 1 fully saturated rings. The van der Waals surface area contributed by atoms with Crippen LogP contribution in [0, 0.1) is 5.92 Å². The van der Waals surface area contributed by atoms with Gasteiger partial charge in [0.05, 0.1) is 6.61 Å². The third-order valence-corrected chi connectivity index (χ3v) is 2.84. The highest BCUT2D eigenvalue weighted by atomic mass is 16.5. The molecule has 1 aliphatic rings. The zero-order valence-electron chi connectivity index (χ0n) is 9.66. The van der Waals surface area contributed by atoms with Crippen molar-refractivity contribution in [3.8, 4) is 5.75 Å². The van der Waals surface area contributed by atoms with Gasteiger partial charge in [-0.25, -0.2) is 4.79 Å². The largest absolute Gasteiger partial charge is 0.502 e. The number of H-pyrrole nitrogens is 1. The zero-order chi connectivity index (χ0) is 12.4. The molecule has 92 valence electrons. The van der Waals surface area contributed by atoms with Gasteiger partial charge in [-0.15, -0.1) is 0 Å². The van der Waals surface area contributed by atoms with Gasteiger partial charge < -0.3 is 14.8 Å². The van der Waals surface area contributed by atoms with Crippen molar-refractivity contribution in [1.29, 1.82) is 0 Å². The SMILES string of the molecule is CCOC(=O)c1c(CC2CC2)c[nH]c(=O)c1O. The number of carbonyl (C=O) groups is 1. The fraction of sp³-hybridized carbons (Fsp3) is 0.500. The fourth-order valence-corrected chi connectivity index (χ4v) is 1.78. The highest BCUT2D eigenvalue weighted by molar-refractivity contribution is 5.93. The summed E-state index contributed by atoms with van der Waals surface area (Å²) in [5.74, 6) is -0.623. The van der Waals surface area contributed by atoms with Crippen molar-refractivity contribution in [1.82, 2.24) is 4.98 Å². The molecule has 1 aromatic heterocycles. The molecule has 0 spiro atoms. The molecule has 0 saturated heterocycles. The van der Waals surface area contributed by atoms with Crippen molar-refractivity contribution in [2.75, 3.05) is 6.61 Å². The summed E-state index contributed by atoms with van der Waals surface area (Å²) in [4.78, 5) is 25.4. The van der Waals surface area contributed by atoms with Gasteiger partial charge in [0.15, 0.2) is 5.75 Å². The van der Waals surface area contributed by atoms with Gasteiger partial charge in [0.25, 0.3) is 5.56 Å². The van der Waals surface area contributed by atoms with Crippen LogP contribution < -0.4 is 5.56 Å². The van der Waals surface area contributed by atoms with Crippen molar-refractivity contribution in [2.24, 2.45) is 5.92 Å². The Hall–Kier alpha value is -1.78. The number of hydrogen-bond donors (Lipinski definition) is 2. The lowest BCUT2D eigenvalue weighted by Gasteiger charge is -2.09. The number of aromatic amines is 1. The van der Waals surface area contributed by atoms with Gasteiger partial charge in [-0.1, -0.05) is 0 Å². The highest BCUT2D eigenvalue weighted by Gasteiger charge is 2.27. The molecule has 0 atom stereocenters. The molecule has 1 saturated carbocycles. The molecular formula is C12H15NO4. The zero-order valence-corrected chi connectivity index (χ0v) is 9.66. The maximum absolute atomic E-state index is 11.7. The van der Waals surface area contributed by atoms with Crippen LogP contribution in [0.3, 0.4) is 0 Å². The number of aromatic hydroxyl groups is 1. The summed E-state index contributed by atoms with van der Waals surface area (Å²) in [6.07, 6.45) is 4.44. The molecular weight excluding hydrogens is 222 g/mol. The lowest BCUT2D eigenvalue weighted by Crippen LogP contribution is -2.16. The number of nitrogens with one attached hydrogen (secondary N) is 1. The van der Waals surface area contributed by atoms with E-state index in [1.807, 2.05) is 0 Å². The van der Waals surface area contributed by atoms with Gasteiger partial charge in [-0.3, -0.25) is 4.79 Å². The van der Waals surface area contributed by atoms with Crippen LogP contribution in [0.1, 0.15) is 35.7 Å². The van der Waals surface area contributed by atoms with E-state index in [0.29, 0.717) is 17.9 Å². The molecule has 0 amide bonds. The van der Waals surface area contributed by atoms with Gasteiger partial charge >= 0.3 is 5.97 Å². The van der Waals surface area contributed by atoms with E-state index in [1.54, 1.807) is 6.92 Å². The summed E-state index contributed by atoms with van der Waals surface area (Å²) in [6, 6.07) is 0. The summed E-state index contributed by atoms with van der Waals surface area (Å²) in [5.41, 5.74) is 0.0122. The number of hydrogen-bond acceptors (Lipinski definition) is 4. The molecule has 1 aliphatic carbocycles. The van der Waals surface area contributed by atoms with Gasteiger partial charge in [0, 0.05) is 6.20 Å². The van der Waals surface area contributed by atoms with Crippen LogP contribution in [0.15, 0.2) is 11.0 Å². The van der Waals surface area contributed by atoms with E-state index in [2.05, 4.69) is 4.98 Å². The summed E-state index contributed by atoms with van der Waals surface area (Å²) < 4.78 is 4.85. The quantitative estimate of drug-likeness (QED) is 0.771. The van der Waals surface area contributed by atoms with Crippen LogP contribution in [0.25, 0.3) is 0 Å². The van der Waals surface area contributed by atoms with Crippen molar-refractivity contribution < 1.29 is 14.6 Å². The first kappa shape index (κ1) is 11.7. The Morgan fingerprint density at radius 2 is 2.29 bits per heavy atom. The van der Waals surface area contributed by atoms with Crippen LogP contribution in [0.5, 0.6) is 5.75 Å². The van der Waals surface area contributed by atoms with Crippen LogP contribution in [0.2, 0.25) is 0 Å². The molecule has 17 heavy (non-hydrogen) atoms. The first-order valence-electron chi connectivity index (χ1n) is 5.74. The summed E-state index contributed by atoms with van der Waals surface area (Å²) in [6.45, 7) is 1.90. The monoisotopic (exact) mass is 237 g/mol. The Bertz CT molecular complexity index is 488. The van der Waals surface area contributed by atoms with Gasteiger partial charge in [0.2, 0.25) is 0 Å². The molecule has 0 bridgehead atoms. The van der Waals surface area contributed by atoms with Crippen molar-refractivity contribution in [3.05, 3.63) is 27.7 Å². The Balaban J connectivity index is 2.39. The van der Waals surface area contributed by atoms with Crippen molar-refractivity contribution in [3.63, 3.8) is 0 Å². The smallest absolute Gasteiger partial charge is 0.342 e. The highest BCUT2D eigenvalue weighted by Crippen LogP contribution is 2.34. The number of aromatic nitrogens is 1. The second-order valence-electron chi connectivity index (χ2n) is 4.23. The third-order valence-electron chi connectivity index (χ3n) is 2.84. The lowest BCUT2D eigenvalue weighted by atomic mass is 10.0. The minimum absolute atomic E-state index is 0.0162. The predicted molar refractivity (Wildman–Crippen MR) is 61.1 cm³/mol. The first-order valence-corrected chi connectivity index (χ1v) is 5.74. The normalized spacial score (nSPS) is 14.6. The van der Waals surface area contributed by atoms with Gasteiger partial charge in [-0.2, -0.15) is 0 Å². The summed E-state index contributed by atoms with van der Waals surface area (Å²) in [7, 11) is 0. The molecule has 5 nitrogen and oxygen atoms in total. The van der Waals surface area contributed by atoms with E-state index < -0.39 is 17.3 Å². The molecule has 2 N–H and O–H groups in total. The fourth-order valence-electron chi connectivity index (χ4n) is 1.78. The molecule has 1 heterocycles. The number of rotatable bonds is 4. The Labute approximate surface area is 98.4 Å². The molecule has 0 radical (unpaired) electrons. The Morgan fingerprint density at radius 3 is 2.88 bits per heavy atom. The summed E-state index contributed by atoms with van der Waals surface area (Å²) in [5, 5.41) is 9.66. The van der Waals surface area contributed by atoms with Crippen LogP contribution in [0.4, 0.5) is 0 Å². The number of carbonyl (C=O) groups excluding carboxylic acids is 1.